The molecule has 2 aromatic rings. The Kier molecular flexibility index (Phi) is 7.91. The molecule has 8 nitrogen and oxygen atoms in total. The number of carboxylic acid groups (broad SMARTS) is 1. The van der Waals surface area contributed by atoms with Crippen molar-refractivity contribution in [2.45, 2.75) is 44.3 Å². The van der Waals surface area contributed by atoms with E-state index in [4.69, 9.17) is 9.84 Å². The quantitative estimate of drug-likeness (QED) is 0.635. The Morgan fingerprint density at radius 1 is 1.03 bits per heavy atom. The van der Waals surface area contributed by atoms with Gasteiger partial charge in [-0.15, -0.1) is 0 Å². The van der Waals surface area contributed by atoms with E-state index in [2.05, 4.69) is 15.2 Å². The van der Waals surface area contributed by atoms with Crippen molar-refractivity contribution in [3.8, 4) is 5.75 Å². The average molecular weight is 453 g/mol. The number of pyridine rings is 1. The second-order valence-corrected chi connectivity index (χ2v) is 8.74. The van der Waals surface area contributed by atoms with Gasteiger partial charge in [0.2, 0.25) is 0 Å². The van der Waals surface area contributed by atoms with Crippen molar-refractivity contribution in [3.05, 3.63) is 59.9 Å². The van der Waals surface area contributed by atoms with Crippen molar-refractivity contribution in [1.29, 1.82) is 0 Å². The highest BCUT2D eigenvalue weighted by Crippen LogP contribution is 2.25. The van der Waals surface area contributed by atoms with Crippen LogP contribution in [-0.4, -0.2) is 76.6 Å². The van der Waals surface area contributed by atoms with Gasteiger partial charge in [0.15, 0.2) is 6.61 Å². The Hall–Kier alpha value is -2.97. The van der Waals surface area contributed by atoms with E-state index in [1.807, 2.05) is 17.0 Å². The van der Waals surface area contributed by atoms with Crippen molar-refractivity contribution in [1.82, 2.24) is 20.1 Å². The van der Waals surface area contributed by atoms with Gasteiger partial charge in [0.05, 0.1) is 0 Å². The average Bonchev–Trinajstić information content (AvgIpc) is 2.87. The summed E-state index contributed by atoms with van der Waals surface area (Å²) in [5.74, 6) is -0.615. The van der Waals surface area contributed by atoms with Gasteiger partial charge in [-0.25, -0.2) is 4.79 Å². The summed E-state index contributed by atoms with van der Waals surface area (Å²) < 4.78 is 5.20. The first-order chi connectivity index (χ1) is 16.1. The number of aromatic nitrogens is 1. The number of aliphatic carboxylic acids is 1. The van der Waals surface area contributed by atoms with Crippen molar-refractivity contribution >= 4 is 11.9 Å². The normalized spacial score (nSPS) is 18.1. The molecule has 2 aliphatic heterocycles. The van der Waals surface area contributed by atoms with Crippen LogP contribution in [0.1, 0.15) is 41.6 Å². The number of hydrogen-bond donors (Lipinski definition) is 2. The monoisotopic (exact) mass is 452 g/mol. The van der Waals surface area contributed by atoms with Crippen LogP contribution in [0.15, 0.2) is 48.8 Å². The van der Waals surface area contributed by atoms with Crippen LogP contribution in [0, 0.1) is 0 Å². The van der Waals surface area contributed by atoms with E-state index < -0.39 is 12.6 Å². The van der Waals surface area contributed by atoms with Crippen LogP contribution in [0.4, 0.5) is 0 Å². The number of carbonyl (C=O) groups excluding carboxylic acids is 1. The Morgan fingerprint density at radius 3 is 2.33 bits per heavy atom. The molecule has 33 heavy (non-hydrogen) atoms. The summed E-state index contributed by atoms with van der Waals surface area (Å²) in [5.41, 5.74) is 1.63. The summed E-state index contributed by atoms with van der Waals surface area (Å²) in [6.07, 6.45) is 7.82. The Labute approximate surface area is 194 Å². The number of nitrogens with one attached hydrogen (secondary N) is 1. The van der Waals surface area contributed by atoms with Gasteiger partial charge in [0.25, 0.3) is 5.91 Å². The molecule has 2 saturated heterocycles. The third-order valence-corrected chi connectivity index (χ3v) is 6.59. The maximum absolute atomic E-state index is 13.6. The van der Waals surface area contributed by atoms with Crippen LogP contribution in [0.5, 0.6) is 5.75 Å². The second-order valence-electron chi connectivity index (χ2n) is 8.74. The number of hydrogen-bond acceptors (Lipinski definition) is 6. The number of nitrogens with zero attached hydrogens (tertiary/aromatic N) is 3. The third kappa shape index (κ3) is 6.30. The van der Waals surface area contributed by atoms with Gasteiger partial charge < -0.3 is 25.0 Å². The number of piperidine rings is 2. The molecule has 0 aliphatic carbocycles. The SMILES string of the molecule is O=C(O)COc1ccc(C(=O)N(Cc2ccncc2)C2CCN(C3CCNCC3)CC2)cc1. The van der Waals surface area contributed by atoms with Gasteiger partial charge in [0.1, 0.15) is 5.75 Å². The predicted molar refractivity (Wildman–Crippen MR) is 124 cm³/mol. The Balaban J connectivity index is 1.45. The molecule has 176 valence electrons. The van der Waals surface area contributed by atoms with Crippen LogP contribution < -0.4 is 10.1 Å². The fourth-order valence-electron chi connectivity index (χ4n) is 4.79. The zero-order valence-corrected chi connectivity index (χ0v) is 18.9. The predicted octanol–water partition coefficient (Wildman–Crippen LogP) is 2.40. The minimum Gasteiger partial charge on any atom is -0.482 e. The number of carbonyl (C=O) groups is 2. The number of carboxylic acids is 1. The molecule has 1 aromatic carbocycles. The van der Waals surface area contributed by atoms with Crippen molar-refractivity contribution in [3.63, 3.8) is 0 Å². The molecule has 8 heteroatoms. The Morgan fingerprint density at radius 2 is 1.70 bits per heavy atom. The van der Waals surface area contributed by atoms with E-state index in [-0.39, 0.29) is 11.9 Å². The first-order valence-corrected chi connectivity index (χ1v) is 11.7. The van der Waals surface area contributed by atoms with Gasteiger partial charge in [-0.05, 0) is 80.7 Å². The van der Waals surface area contributed by atoms with Crippen molar-refractivity contribution in [2.24, 2.45) is 0 Å². The molecule has 1 aromatic heterocycles. The van der Waals surface area contributed by atoms with Crippen molar-refractivity contribution < 1.29 is 19.4 Å². The van der Waals surface area contributed by atoms with E-state index in [0.29, 0.717) is 23.9 Å². The van der Waals surface area contributed by atoms with E-state index in [9.17, 15) is 9.59 Å². The second kappa shape index (κ2) is 11.2. The molecule has 2 fully saturated rings. The first-order valence-electron chi connectivity index (χ1n) is 11.7. The minimum atomic E-state index is -1.03. The summed E-state index contributed by atoms with van der Waals surface area (Å²) in [7, 11) is 0. The fraction of sp³-hybridized carbons (Fsp3) is 0.480. The Bertz CT molecular complexity index is 908. The number of benzene rings is 1. The lowest BCUT2D eigenvalue weighted by molar-refractivity contribution is -0.139. The topological polar surface area (TPSA) is 95.0 Å². The third-order valence-electron chi connectivity index (χ3n) is 6.59. The number of ether oxygens (including phenoxy) is 1. The summed E-state index contributed by atoms with van der Waals surface area (Å²) >= 11 is 0. The molecule has 0 unspecified atom stereocenters. The van der Waals surface area contributed by atoms with Gasteiger partial charge in [-0.2, -0.15) is 0 Å². The van der Waals surface area contributed by atoms with Crippen LogP contribution in [0.2, 0.25) is 0 Å². The molecule has 3 heterocycles. The number of rotatable bonds is 8. The van der Waals surface area contributed by atoms with Gasteiger partial charge >= 0.3 is 5.97 Å². The van der Waals surface area contributed by atoms with E-state index in [1.54, 1.807) is 36.7 Å². The van der Waals surface area contributed by atoms with E-state index >= 15 is 0 Å². The lowest BCUT2D eigenvalue weighted by Crippen LogP contribution is -2.51. The van der Waals surface area contributed by atoms with E-state index in [0.717, 1.165) is 44.6 Å². The molecule has 0 bridgehead atoms. The minimum absolute atomic E-state index is 0.0167. The molecular weight excluding hydrogens is 420 g/mol. The summed E-state index contributed by atoms with van der Waals surface area (Å²) in [4.78, 5) is 33.0. The lowest BCUT2D eigenvalue weighted by atomic mass is 9.96. The molecule has 1 amide bonds. The molecule has 0 spiro atoms. The molecule has 2 N–H and O–H groups in total. The highest BCUT2D eigenvalue weighted by Gasteiger charge is 2.31. The molecular formula is C25H32N4O4. The molecule has 0 atom stereocenters. The number of amides is 1. The maximum atomic E-state index is 13.6. The summed E-state index contributed by atoms with van der Waals surface area (Å²) in [6.45, 7) is 4.33. The lowest BCUT2D eigenvalue weighted by Gasteiger charge is -2.42. The van der Waals surface area contributed by atoms with Crippen molar-refractivity contribution in [2.75, 3.05) is 32.8 Å². The standard InChI is InChI=1S/C25H32N4O4/c30-24(31)18-33-23-3-1-20(2-4-23)25(32)29(17-19-5-11-26-12-6-19)22-9-15-28(16-10-22)21-7-13-27-14-8-21/h1-6,11-12,21-22,27H,7-10,13-18H2,(H,30,31). The van der Waals surface area contributed by atoms with Crippen LogP contribution in [-0.2, 0) is 11.3 Å². The first kappa shape index (κ1) is 23.2. The van der Waals surface area contributed by atoms with E-state index in [1.165, 1.54) is 12.8 Å². The van der Waals surface area contributed by atoms with Gasteiger partial charge in [-0.1, -0.05) is 0 Å². The largest absolute Gasteiger partial charge is 0.482 e. The number of likely N-dealkylation sites (tertiary alicyclic amines) is 1. The fourth-order valence-corrected chi connectivity index (χ4v) is 4.79. The molecule has 4 rings (SSSR count). The van der Waals surface area contributed by atoms with Crippen LogP contribution >= 0.6 is 0 Å². The highest BCUT2D eigenvalue weighted by atomic mass is 16.5. The zero-order chi connectivity index (χ0) is 23.0. The zero-order valence-electron chi connectivity index (χ0n) is 18.9. The molecule has 2 aliphatic rings. The van der Waals surface area contributed by atoms with Gasteiger partial charge in [-0.3, -0.25) is 9.78 Å². The van der Waals surface area contributed by atoms with Crippen LogP contribution in [0.25, 0.3) is 0 Å². The summed E-state index contributed by atoms with van der Waals surface area (Å²) in [6, 6.07) is 11.5. The van der Waals surface area contributed by atoms with Gasteiger partial charge in [0, 0.05) is 49.7 Å². The molecule has 0 saturated carbocycles. The molecule has 0 radical (unpaired) electrons. The maximum Gasteiger partial charge on any atom is 0.341 e. The van der Waals surface area contributed by atoms with Crippen LogP contribution in [0.3, 0.4) is 0 Å². The smallest absolute Gasteiger partial charge is 0.341 e. The highest BCUT2D eigenvalue weighted by molar-refractivity contribution is 5.94. The summed E-state index contributed by atoms with van der Waals surface area (Å²) in [5, 5.41) is 12.2.